The highest BCUT2D eigenvalue weighted by atomic mass is 79.9. The van der Waals surface area contributed by atoms with Gasteiger partial charge in [-0.05, 0) is 40.2 Å². The number of ether oxygens (including phenoxy) is 1. The van der Waals surface area contributed by atoms with Crippen LogP contribution in [0.3, 0.4) is 0 Å². The standard InChI is InChI=1S/C7H5F3N2O2.C6H3F3N2O.C5H2BrF3N2.C5H3F3N2O.CH4/c1-14-6(13)5-11-3-2-4(12-5)7(8,9)10;7-6(8,9)4-1-2-10-5(3-12)11-4;6-4-10-2-1-3(11-4)5(7,8)9;6-5(7,8)3-1-2-9-4(11)10-3;/h2-3H,1H3;1-3H;1-2H;1-2H,(H,9,10,11);1H4. The lowest BCUT2D eigenvalue weighted by molar-refractivity contribution is -0.142. The number of rotatable bonds is 2. The van der Waals surface area contributed by atoms with E-state index in [0.717, 1.165) is 38.0 Å². The Morgan fingerprint density at radius 3 is 1.53 bits per heavy atom. The molecule has 1 N–H and O–H groups in total. The Labute approximate surface area is 273 Å². The largest absolute Gasteiger partial charge is 0.463 e. The zero-order chi connectivity index (χ0) is 36.9. The van der Waals surface area contributed by atoms with Crippen LogP contribution in [0.4, 0.5) is 52.7 Å². The number of H-pyrrole nitrogens is 1. The maximum absolute atomic E-state index is 12.1. The molecule has 0 saturated heterocycles. The van der Waals surface area contributed by atoms with E-state index in [4.69, 9.17) is 0 Å². The van der Waals surface area contributed by atoms with Gasteiger partial charge in [0.25, 0.3) is 0 Å². The van der Waals surface area contributed by atoms with Crippen LogP contribution in [0.15, 0.2) is 58.6 Å². The molecule has 0 aliphatic carbocycles. The van der Waals surface area contributed by atoms with E-state index in [1.54, 1.807) is 4.98 Å². The number of alkyl halides is 12. The minimum Gasteiger partial charge on any atom is -0.463 e. The summed E-state index contributed by atoms with van der Waals surface area (Å²) in [6.45, 7) is 0. The Morgan fingerprint density at radius 1 is 0.694 bits per heavy atom. The lowest BCUT2D eigenvalue weighted by Gasteiger charge is -2.05. The third kappa shape index (κ3) is 16.0. The highest BCUT2D eigenvalue weighted by Crippen LogP contribution is 2.29. The van der Waals surface area contributed by atoms with Crippen LogP contribution in [0.5, 0.6) is 0 Å². The summed E-state index contributed by atoms with van der Waals surface area (Å²) < 4.78 is 147. The molecule has 268 valence electrons. The van der Waals surface area contributed by atoms with Gasteiger partial charge in [0, 0.05) is 24.8 Å². The molecule has 0 unspecified atom stereocenters. The maximum Gasteiger partial charge on any atom is 0.433 e. The number of hydrogen-bond acceptors (Lipinski definition) is 11. The number of methoxy groups -OCH3 is 1. The average Bonchev–Trinajstić information content (AvgIpc) is 3.00. The average molecular weight is 789 g/mol. The molecule has 0 saturated carbocycles. The molecular weight excluding hydrogens is 772 g/mol. The predicted molar refractivity (Wildman–Crippen MR) is 142 cm³/mol. The van der Waals surface area contributed by atoms with E-state index in [0.29, 0.717) is 18.2 Å². The Hall–Kier alpha value is -5.10. The van der Waals surface area contributed by atoms with Crippen LogP contribution in [0.2, 0.25) is 0 Å². The number of carbonyl (C=O) groups excluding carboxylic acids is 2. The van der Waals surface area contributed by atoms with Crippen molar-refractivity contribution < 1.29 is 67.0 Å². The number of hydrogen-bond donors (Lipinski definition) is 1. The van der Waals surface area contributed by atoms with Crippen molar-refractivity contribution >= 4 is 28.2 Å². The molecule has 25 heteroatoms. The van der Waals surface area contributed by atoms with Gasteiger partial charge in [-0.15, -0.1) is 0 Å². The van der Waals surface area contributed by atoms with Crippen molar-refractivity contribution in [3.8, 4) is 0 Å². The van der Waals surface area contributed by atoms with Gasteiger partial charge in [0.1, 0.15) is 22.8 Å². The fourth-order valence-corrected chi connectivity index (χ4v) is 2.63. The molecule has 0 radical (unpaired) electrons. The van der Waals surface area contributed by atoms with Gasteiger partial charge in [-0.25, -0.2) is 44.5 Å². The number of esters is 1. The Balaban J connectivity index is 0.000000626. The molecule has 0 aliphatic rings. The molecule has 4 rings (SSSR count). The molecule has 0 bridgehead atoms. The molecule has 0 atom stereocenters. The number of carbonyl (C=O) groups is 2. The van der Waals surface area contributed by atoms with Gasteiger partial charge < -0.3 is 9.72 Å². The zero-order valence-electron chi connectivity index (χ0n) is 22.9. The van der Waals surface area contributed by atoms with E-state index in [-0.39, 0.29) is 18.4 Å². The summed E-state index contributed by atoms with van der Waals surface area (Å²) in [7, 11) is 1.03. The fraction of sp³-hybridized carbons (Fsp3) is 0.250. The van der Waals surface area contributed by atoms with Gasteiger partial charge in [-0.3, -0.25) is 4.79 Å². The highest BCUT2D eigenvalue weighted by molar-refractivity contribution is 9.10. The summed E-state index contributed by atoms with van der Waals surface area (Å²) >= 11 is 2.73. The second-order valence-electron chi connectivity index (χ2n) is 7.67. The van der Waals surface area contributed by atoms with Crippen molar-refractivity contribution in [2.24, 2.45) is 0 Å². The molecule has 4 aromatic heterocycles. The lowest BCUT2D eigenvalue weighted by atomic mass is 10.4. The van der Waals surface area contributed by atoms with Crippen LogP contribution in [-0.2, 0) is 29.4 Å². The first-order chi connectivity index (χ1) is 22.0. The van der Waals surface area contributed by atoms with Gasteiger partial charge in [0.15, 0.2) is 16.8 Å². The smallest absolute Gasteiger partial charge is 0.433 e. The number of aromatic nitrogens is 8. The van der Waals surface area contributed by atoms with Crippen molar-refractivity contribution in [3.05, 3.63) is 98.7 Å². The van der Waals surface area contributed by atoms with Gasteiger partial charge in [-0.2, -0.15) is 52.7 Å². The minimum atomic E-state index is -4.59. The predicted octanol–water partition coefficient (Wildman–Crippen LogP) is 6.27. The third-order valence-electron chi connectivity index (χ3n) is 4.28. The van der Waals surface area contributed by atoms with Gasteiger partial charge >= 0.3 is 36.4 Å². The molecule has 49 heavy (non-hydrogen) atoms. The monoisotopic (exact) mass is 788 g/mol. The number of aromatic amines is 1. The summed E-state index contributed by atoms with van der Waals surface area (Å²) in [6, 6.07) is 2.88. The normalized spacial score (nSPS) is 11.1. The summed E-state index contributed by atoms with van der Waals surface area (Å²) in [6.07, 6.45) is -14.3. The molecule has 0 aromatic carbocycles. The van der Waals surface area contributed by atoms with Gasteiger partial charge in [0.05, 0.1) is 7.11 Å². The van der Waals surface area contributed by atoms with Crippen LogP contribution in [0.1, 0.15) is 51.4 Å². The number of nitrogens with one attached hydrogen (secondary N) is 1. The second-order valence-corrected chi connectivity index (χ2v) is 8.37. The molecule has 4 aromatic rings. The molecule has 0 aliphatic heterocycles. The van der Waals surface area contributed by atoms with E-state index < -0.39 is 70.8 Å². The van der Waals surface area contributed by atoms with E-state index >= 15 is 0 Å². The zero-order valence-corrected chi connectivity index (χ0v) is 24.5. The first-order valence-corrected chi connectivity index (χ1v) is 12.3. The SMILES string of the molecule is C.COC(=O)c1nccc(C(F)(F)F)n1.FC(F)(F)c1ccnc(Br)n1.O=Cc1nccc(C(F)(F)F)n1.O=c1nccc(C(F)(F)F)[nH]1. The highest BCUT2D eigenvalue weighted by Gasteiger charge is 2.34. The van der Waals surface area contributed by atoms with Crippen LogP contribution in [0, 0.1) is 0 Å². The van der Waals surface area contributed by atoms with Crippen molar-refractivity contribution in [1.82, 2.24) is 39.9 Å². The molecule has 0 amide bonds. The van der Waals surface area contributed by atoms with Crippen LogP contribution in [0.25, 0.3) is 0 Å². The Kier molecular flexibility index (Phi) is 16.5. The first-order valence-electron chi connectivity index (χ1n) is 11.5. The molecule has 0 fully saturated rings. The summed E-state index contributed by atoms with van der Waals surface area (Å²) in [4.78, 5) is 54.8. The molecule has 12 nitrogen and oxygen atoms in total. The summed E-state index contributed by atoms with van der Waals surface area (Å²) in [5, 5.41) is 0. The molecule has 0 spiro atoms. The van der Waals surface area contributed by atoms with Crippen molar-refractivity contribution in [2.75, 3.05) is 7.11 Å². The van der Waals surface area contributed by atoms with E-state index in [1.165, 1.54) is 0 Å². The Morgan fingerprint density at radius 2 is 1.14 bits per heavy atom. The van der Waals surface area contributed by atoms with E-state index in [2.05, 4.69) is 55.6 Å². The first kappa shape index (κ1) is 43.9. The third-order valence-corrected chi connectivity index (χ3v) is 4.66. The number of nitrogens with zero attached hydrogens (tertiary/aromatic N) is 7. The number of halogens is 13. The Bertz CT molecular complexity index is 1720. The van der Waals surface area contributed by atoms with Crippen molar-refractivity contribution in [1.29, 1.82) is 0 Å². The van der Waals surface area contributed by atoms with Crippen molar-refractivity contribution in [2.45, 2.75) is 32.1 Å². The van der Waals surface area contributed by atoms with Gasteiger partial charge in [0.2, 0.25) is 5.82 Å². The topological polar surface area (TPSA) is 166 Å². The van der Waals surface area contributed by atoms with Crippen LogP contribution < -0.4 is 5.69 Å². The van der Waals surface area contributed by atoms with E-state index in [1.807, 2.05) is 0 Å². The summed E-state index contributed by atoms with van der Waals surface area (Å²) in [5.74, 6) is -2.08. The van der Waals surface area contributed by atoms with Crippen LogP contribution >= 0.6 is 15.9 Å². The summed E-state index contributed by atoms with van der Waals surface area (Å²) in [5.41, 5.74) is -5.32. The van der Waals surface area contributed by atoms with Crippen LogP contribution in [-0.4, -0.2) is 59.2 Å². The second kappa shape index (κ2) is 18.4. The maximum atomic E-state index is 12.1. The minimum absolute atomic E-state index is 0. The molecule has 4 heterocycles. The van der Waals surface area contributed by atoms with Crippen molar-refractivity contribution in [3.63, 3.8) is 0 Å². The lowest BCUT2D eigenvalue weighted by Crippen LogP contribution is -2.17. The van der Waals surface area contributed by atoms with E-state index in [9.17, 15) is 67.1 Å². The quantitative estimate of drug-likeness (QED) is 0.105. The number of aldehydes is 1. The molecular formula is C24H17BrF12N8O4. The van der Waals surface area contributed by atoms with Gasteiger partial charge in [-0.1, -0.05) is 7.43 Å². The fourth-order valence-electron chi connectivity index (χ4n) is 2.32.